The van der Waals surface area contributed by atoms with Crippen molar-refractivity contribution in [3.8, 4) is 0 Å². The van der Waals surface area contributed by atoms with E-state index in [0.29, 0.717) is 21.9 Å². The Kier molecular flexibility index (Phi) is 5.41. The maximum atomic E-state index is 12.4. The first kappa shape index (κ1) is 20.1. The Hall–Kier alpha value is -2.84. The van der Waals surface area contributed by atoms with Crippen molar-refractivity contribution >= 4 is 45.9 Å². The predicted molar refractivity (Wildman–Crippen MR) is 122 cm³/mol. The number of hydrogen-bond donors (Lipinski definition) is 3. The molecule has 31 heavy (non-hydrogen) atoms. The van der Waals surface area contributed by atoms with Gasteiger partial charge in [0.25, 0.3) is 0 Å². The lowest BCUT2D eigenvalue weighted by Crippen LogP contribution is -2.48. The molecule has 2 fully saturated rings. The number of H-pyrrole nitrogens is 1. The summed E-state index contributed by atoms with van der Waals surface area (Å²) in [5.74, 6) is 0.749. The zero-order valence-corrected chi connectivity index (χ0v) is 17.9. The van der Waals surface area contributed by atoms with Crippen molar-refractivity contribution in [3.63, 3.8) is 0 Å². The second-order valence-electron chi connectivity index (χ2n) is 8.19. The van der Waals surface area contributed by atoms with Crippen molar-refractivity contribution in [1.29, 1.82) is 0 Å². The van der Waals surface area contributed by atoms with E-state index in [9.17, 15) is 4.79 Å². The number of carbonyl (C=O) groups is 1. The molecule has 8 nitrogen and oxygen atoms in total. The third kappa shape index (κ3) is 4.18. The van der Waals surface area contributed by atoms with Crippen molar-refractivity contribution in [1.82, 2.24) is 15.0 Å². The van der Waals surface area contributed by atoms with Crippen LogP contribution < -0.4 is 15.5 Å². The minimum Gasteiger partial charge on any atom is -0.375 e. The van der Waals surface area contributed by atoms with Gasteiger partial charge in [-0.2, -0.15) is 0 Å². The molecule has 3 N–H and O–H groups in total. The average molecular weight is 441 g/mol. The minimum atomic E-state index is -0.383. The van der Waals surface area contributed by atoms with Crippen LogP contribution in [0.4, 0.5) is 22.0 Å². The van der Waals surface area contributed by atoms with Crippen LogP contribution in [0.5, 0.6) is 0 Å². The highest BCUT2D eigenvalue weighted by atomic mass is 35.5. The van der Waals surface area contributed by atoms with Crippen molar-refractivity contribution in [2.75, 3.05) is 35.2 Å². The number of aromatic nitrogens is 3. The Bertz CT molecular complexity index is 1080. The van der Waals surface area contributed by atoms with E-state index in [-0.39, 0.29) is 11.6 Å². The molecule has 0 bridgehead atoms. The van der Waals surface area contributed by atoms with Gasteiger partial charge in [0.1, 0.15) is 11.3 Å². The highest BCUT2D eigenvalue weighted by Gasteiger charge is 2.37. The van der Waals surface area contributed by atoms with Crippen LogP contribution in [0.3, 0.4) is 0 Å². The summed E-state index contributed by atoms with van der Waals surface area (Å²) in [6.07, 6.45) is 10.6. The topological polar surface area (TPSA) is 95.2 Å². The number of aromatic amines is 1. The summed E-state index contributed by atoms with van der Waals surface area (Å²) in [5, 5.41) is 6.11. The third-order valence-electron chi connectivity index (χ3n) is 6.17. The van der Waals surface area contributed by atoms with Gasteiger partial charge in [0.2, 0.25) is 0 Å². The van der Waals surface area contributed by atoms with Gasteiger partial charge in [-0.3, -0.25) is 4.98 Å². The fraction of sp³-hybridized carbons (Fsp3) is 0.409. The number of amides is 2. The van der Waals surface area contributed by atoms with E-state index >= 15 is 0 Å². The molecule has 5 heterocycles. The molecular weight excluding hydrogens is 416 g/mol. The van der Waals surface area contributed by atoms with Gasteiger partial charge >= 0.3 is 6.03 Å². The Morgan fingerprint density at radius 1 is 1.19 bits per heavy atom. The van der Waals surface area contributed by atoms with E-state index in [4.69, 9.17) is 16.3 Å². The average Bonchev–Trinajstić information content (AvgIpc) is 3.18. The van der Waals surface area contributed by atoms with E-state index in [0.717, 1.165) is 56.7 Å². The normalized spacial score (nSPS) is 18.3. The molecule has 0 atom stereocenters. The molecule has 2 aliphatic rings. The minimum absolute atomic E-state index is 0.0397. The SMILES string of the molecule is O=C(Nc1cnc(N2CCC3(CCCCO3)CC2)c(Cl)c1)Nc1c[nH]c2cccnc12. The lowest BCUT2D eigenvalue weighted by atomic mass is 9.84. The quantitative estimate of drug-likeness (QED) is 0.544. The molecule has 2 saturated heterocycles. The molecule has 0 unspecified atom stereocenters. The van der Waals surface area contributed by atoms with Crippen molar-refractivity contribution in [2.45, 2.75) is 37.7 Å². The number of piperidine rings is 1. The summed E-state index contributed by atoms with van der Waals surface area (Å²) in [6, 6.07) is 5.09. The van der Waals surface area contributed by atoms with Crippen molar-refractivity contribution < 1.29 is 9.53 Å². The summed E-state index contributed by atoms with van der Waals surface area (Å²) < 4.78 is 6.11. The Morgan fingerprint density at radius 3 is 2.84 bits per heavy atom. The monoisotopic (exact) mass is 440 g/mol. The molecule has 162 valence electrons. The molecule has 0 aromatic carbocycles. The van der Waals surface area contributed by atoms with E-state index in [1.54, 1.807) is 24.7 Å². The lowest BCUT2D eigenvalue weighted by Gasteiger charge is -2.44. The van der Waals surface area contributed by atoms with Crippen LogP contribution in [0.25, 0.3) is 11.0 Å². The van der Waals surface area contributed by atoms with Gasteiger partial charge in [-0.05, 0) is 50.3 Å². The molecule has 5 rings (SSSR count). The van der Waals surface area contributed by atoms with E-state index in [2.05, 4.69) is 30.5 Å². The number of anilines is 3. The van der Waals surface area contributed by atoms with E-state index in [1.165, 1.54) is 6.42 Å². The molecular formula is C22H25ClN6O2. The first-order valence-electron chi connectivity index (χ1n) is 10.7. The molecule has 1 spiro atoms. The Morgan fingerprint density at radius 2 is 2.06 bits per heavy atom. The third-order valence-corrected chi connectivity index (χ3v) is 6.45. The fourth-order valence-electron chi connectivity index (χ4n) is 4.50. The van der Waals surface area contributed by atoms with Gasteiger partial charge in [0.15, 0.2) is 0 Å². The van der Waals surface area contributed by atoms with Crippen LogP contribution >= 0.6 is 11.6 Å². The lowest BCUT2D eigenvalue weighted by molar-refractivity contribution is -0.0921. The highest BCUT2D eigenvalue weighted by molar-refractivity contribution is 6.33. The van der Waals surface area contributed by atoms with Crippen LogP contribution in [0.1, 0.15) is 32.1 Å². The number of halogens is 1. The zero-order chi connectivity index (χ0) is 21.3. The number of rotatable bonds is 3. The van der Waals surface area contributed by atoms with E-state index in [1.807, 2.05) is 12.1 Å². The van der Waals surface area contributed by atoms with Crippen LogP contribution in [-0.2, 0) is 4.74 Å². The van der Waals surface area contributed by atoms with Crippen LogP contribution in [0, 0.1) is 0 Å². The van der Waals surface area contributed by atoms with Gasteiger partial charge in [-0.25, -0.2) is 9.78 Å². The molecule has 2 aliphatic heterocycles. The zero-order valence-electron chi connectivity index (χ0n) is 17.2. The Labute approximate surface area is 185 Å². The first-order valence-corrected chi connectivity index (χ1v) is 11.0. The molecule has 9 heteroatoms. The predicted octanol–water partition coefficient (Wildman–Crippen LogP) is 4.79. The summed E-state index contributed by atoms with van der Waals surface area (Å²) in [5.41, 5.74) is 2.74. The van der Waals surface area contributed by atoms with E-state index < -0.39 is 0 Å². The number of carbonyl (C=O) groups excluding carboxylic acids is 1. The number of fused-ring (bicyclic) bond motifs is 1. The number of nitrogens with one attached hydrogen (secondary N) is 3. The van der Waals surface area contributed by atoms with Crippen LogP contribution in [0.2, 0.25) is 5.02 Å². The summed E-state index contributed by atoms with van der Waals surface area (Å²) in [7, 11) is 0. The maximum absolute atomic E-state index is 12.4. The Balaban J connectivity index is 1.22. The second-order valence-corrected chi connectivity index (χ2v) is 8.59. The molecule has 0 radical (unpaired) electrons. The summed E-state index contributed by atoms with van der Waals surface area (Å²) in [6.45, 7) is 2.61. The van der Waals surface area contributed by atoms with Gasteiger partial charge in [0.05, 0.1) is 33.7 Å². The highest BCUT2D eigenvalue weighted by Crippen LogP contribution is 2.37. The molecule has 0 aliphatic carbocycles. The number of hydrogen-bond acceptors (Lipinski definition) is 5. The molecule has 2 amide bonds. The summed E-state index contributed by atoms with van der Waals surface area (Å²) in [4.78, 5) is 26.5. The van der Waals surface area contributed by atoms with Gasteiger partial charge < -0.3 is 25.3 Å². The van der Waals surface area contributed by atoms with Crippen molar-refractivity contribution in [3.05, 3.63) is 41.8 Å². The number of nitrogens with zero attached hydrogens (tertiary/aromatic N) is 3. The maximum Gasteiger partial charge on any atom is 0.323 e. The molecule has 0 saturated carbocycles. The van der Waals surface area contributed by atoms with Crippen molar-refractivity contribution in [2.24, 2.45) is 0 Å². The number of pyridine rings is 2. The largest absolute Gasteiger partial charge is 0.375 e. The van der Waals surface area contributed by atoms with Gasteiger partial charge in [0, 0.05) is 32.1 Å². The fourth-order valence-corrected chi connectivity index (χ4v) is 4.78. The smallest absolute Gasteiger partial charge is 0.323 e. The molecule has 3 aromatic rings. The first-order chi connectivity index (χ1) is 15.1. The van der Waals surface area contributed by atoms with Gasteiger partial charge in [-0.15, -0.1) is 0 Å². The van der Waals surface area contributed by atoms with Gasteiger partial charge in [-0.1, -0.05) is 11.6 Å². The number of urea groups is 1. The van der Waals surface area contributed by atoms with Crippen LogP contribution in [0.15, 0.2) is 36.8 Å². The number of ether oxygens (including phenoxy) is 1. The second kappa shape index (κ2) is 8.36. The molecule has 3 aromatic heterocycles. The van der Waals surface area contributed by atoms with Crippen LogP contribution in [-0.4, -0.2) is 46.3 Å². The summed E-state index contributed by atoms with van der Waals surface area (Å²) >= 11 is 6.52. The standard InChI is InChI=1S/C22H25ClN6O2/c23-16-12-15(27-21(30)28-18-14-25-17-4-3-8-24-19(17)18)13-26-20(16)29-9-6-22(7-10-29)5-1-2-11-31-22/h3-4,8,12-14,25H,1-2,5-7,9-11H2,(H2,27,28,30).